The van der Waals surface area contributed by atoms with Crippen LogP contribution in [0.5, 0.6) is 0 Å². The van der Waals surface area contributed by atoms with Crippen LogP contribution < -0.4 is 5.73 Å². The molecule has 0 aliphatic heterocycles. The molecular weight excluding hydrogens is 206 g/mol. The van der Waals surface area contributed by atoms with Gasteiger partial charge < -0.3 is 5.73 Å². The fraction of sp³-hybridized carbons (Fsp3) is 0.417. The van der Waals surface area contributed by atoms with Crippen molar-refractivity contribution in [2.24, 2.45) is 5.73 Å². The number of nitrogens with two attached hydrogens (primary N) is 1. The number of thioether (sulfide) groups is 1. The van der Waals surface area contributed by atoms with Crippen LogP contribution in [0, 0.1) is 0 Å². The molecule has 0 spiro atoms. The summed E-state index contributed by atoms with van der Waals surface area (Å²) < 4.78 is 0. The van der Waals surface area contributed by atoms with Crippen LogP contribution in [-0.4, -0.2) is 17.6 Å². The van der Waals surface area contributed by atoms with Crippen molar-refractivity contribution in [3.8, 4) is 0 Å². The van der Waals surface area contributed by atoms with E-state index in [0.717, 1.165) is 15.7 Å². The number of hydrogen-bond acceptors (Lipinski definition) is 3. The summed E-state index contributed by atoms with van der Waals surface area (Å²) in [5, 5.41) is 0.733. The molecule has 2 rings (SSSR count). The molecule has 3 heteroatoms. The van der Waals surface area contributed by atoms with E-state index in [-0.39, 0.29) is 5.78 Å². The van der Waals surface area contributed by atoms with Crippen molar-refractivity contribution in [2.45, 2.75) is 29.4 Å². The third-order valence-corrected chi connectivity index (χ3v) is 3.79. The van der Waals surface area contributed by atoms with E-state index in [4.69, 9.17) is 5.73 Å². The van der Waals surface area contributed by atoms with Crippen molar-refractivity contribution >= 4 is 17.5 Å². The maximum atomic E-state index is 11.8. The Morgan fingerprint density at radius 2 is 2.13 bits per heavy atom. The molecule has 2 N–H and O–H groups in total. The molecule has 80 valence electrons. The minimum absolute atomic E-state index is 0.168. The first-order valence-corrected chi connectivity index (χ1v) is 6.18. The van der Waals surface area contributed by atoms with Gasteiger partial charge in [-0.1, -0.05) is 18.2 Å². The van der Waals surface area contributed by atoms with E-state index >= 15 is 0 Å². The Hall–Kier alpha value is -0.800. The van der Waals surface area contributed by atoms with Crippen molar-refractivity contribution in [3.63, 3.8) is 0 Å². The second-order valence-electron chi connectivity index (χ2n) is 3.78. The highest BCUT2D eigenvalue weighted by atomic mass is 32.2. The highest BCUT2D eigenvalue weighted by Crippen LogP contribution is 2.40. The molecule has 1 saturated carbocycles. The van der Waals surface area contributed by atoms with Crippen molar-refractivity contribution in [1.29, 1.82) is 0 Å². The molecule has 0 bridgehead atoms. The Morgan fingerprint density at radius 3 is 2.80 bits per heavy atom. The van der Waals surface area contributed by atoms with Crippen LogP contribution in [0.3, 0.4) is 0 Å². The second kappa shape index (κ2) is 4.81. The van der Waals surface area contributed by atoms with Crippen LogP contribution in [0.1, 0.15) is 29.6 Å². The third-order valence-electron chi connectivity index (χ3n) is 2.38. The normalized spacial score (nSPS) is 15.3. The van der Waals surface area contributed by atoms with Gasteiger partial charge in [-0.15, -0.1) is 11.8 Å². The maximum Gasteiger partial charge on any atom is 0.165 e. The Labute approximate surface area is 94.2 Å². The molecule has 2 nitrogen and oxygen atoms in total. The lowest BCUT2D eigenvalue weighted by Crippen LogP contribution is -2.09. The largest absolute Gasteiger partial charge is 0.330 e. The van der Waals surface area contributed by atoms with Crippen molar-refractivity contribution in [2.75, 3.05) is 6.54 Å². The highest BCUT2D eigenvalue weighted by molar-refractivity contribution is 8.00. The van der Waals surface area contributed by atoms with Gasteiger partial charge in [0.1, 0.15) is 0 Å². The average Bonchev–Trinajstić information content (AvgIpc) is 3.03. The first-order chi connectivity index (χ1) is 7.31. The number of carbonyl (C=O) groups excluding carboxylic acids is 1. The minimum Gasteiger partial charge on any atom is -0.330 e. The molecule has 0 saturated heterocycles. The lowest BCUT2D eigenvalue weighted by atomic mass is 10.1. The Balaban J connectivity index is 2.16. The Kier molecular flexibility index (Phi) is 3.44. The number of rotatable bonds is 5. The van der Waals surface area contributed by atoms with E-state index in [1.165, 1.54) is 12.8 Å². The third kappa shape index (κ3) is 2.83. The highest BCUT2D eigenvalue weighted by Gasteiger charge is 2.24. The second-order valence-corrected chi connectivity index (χ2v) is 5.12. The molecular formula is C12H15NOS. The summed E-state index contributed by atoms with van der Waals surface area (Å²) in [6, 6.07) is 7.85. The fourth-order valence-electron chi connectivity index (χ4n) is 1.43. The average molecular weight is 221 g/mol. The van der Waals surface area contributed by atoms with E-state index in [0.29, 0.717) is 13.0 Å². The molecule has 1 aromatic carbocycles. The van der Waals surface area contributed by atoms with Gasteiger partial charge in [-0.2, -0.15) is 0 Å². The number of carbonyl (C=O) groups is 1. The monoisotopic (exact) mass is 221 g/mol. The van der Waals surface area contributed by atoms with E-state index in [9.17, 15) is 4.79 Å². The molecule has 15 heavy (non-hydrogen) atoms. The predicted octanol–water partition coefficient (Wildman–Crippen LogP) is 2.47. The van der Waals surface area contributed by atoms with E-state index < -0.39 is 0 Å². The predicted molar refractivity (Wildman–Crippen MR) is 63.3 cm³/mol. The van der Waals surface area contributed by atoms with Gasteiger partial charge in [0.2, 0.25) is 0 Å². The van der Waals surface area contributed by atoms with Gasteiger partial charge in [-0.25, -0.2) is 0 Å². The van der Waals surface area contributed by atoms with Gasteiger partial charge in [0, 0.05) is 22.1 Å². The van der Waals surface area contributed by atoms with Crippen LogP contribution in [0.25, 0.3) is 0 Å². The van der Waals surface area contributed by atoms with Crippen LogP contribution in [0.15, 0.2) is 29.2 Å². The summed E-state index contributed by atoms with van der Waals surface area (Å²) in [6.45, 7) is 0.432. The van der Waals surface area contributed by atoms with Crippen molar-refractivity contribution < 1.29 is 4.79 Å². The van der Waals surface area contributed by atoms with Crippen LogP contribution >= 0.6 is 11.8 Å². The van der Waals surface area contributed by atoms with Gasteiger partial charge in [0.05, 0.1) is 0 Å². The van der Waals surface area contributed by atoms with Crippen LogP contribution in [-0.2, 0) is 0 Å². The molecule has 1 aliphatic rings. The molecule has 1 aromatic rings. The summed E-state index contributed by atoms with van der Waals surface area (Å²) in [5.41, 5.74) is 6.25. The van der Waals surface area contributed by atoms with E-state index in [2.05, 4.69) is 0 Å². The maximum absolute atomic E-state index is 11.8. The fourth-order valence-corrected chi connectivity index (χ4v) is 2.63. The first kappa shape index (κ1) is 10.7. The molecule has 0 unspecified atom stereocenters. The lowest BCUT2D eigenvalue weighted by Gasteiger charge is -2.06. The van der Waals surface area contributed by atoms with Gasteiger partial charge in [0.25, 0.3) is 0 Å². The SMILES string of the molecule is NCCC(=O)c1ccccc1SC1CC1. The smallest absolute Gasteiger partial charge is 0.165 e. The zero-order chi connectivity index (χ0) is 10.7. The topological polar surface area (TPSA) is 43.1 Å². The summed E-state index contributed by atoms with van der Waals surface area (Å²) in [4.78, 5) is 12.9. The van der Waals surface area contributed by atoms with Gasteiger partial charge >= 0.3 is 0 Å². The molecule has 0 radical (unpaired) electrons. The zero-order valence-corrected chi connectivity index (χ0v) is 9.43. The number of hydrogen-bond donors (Lipinski definition) is 1. The number of ketones is 1. The van der Waals surface area contributed by atoms with Gasteiger partial charge in [0.15, 0.2) is 5.78 Å². The molecule has 0 atom stereocenters. The molecule has 0 heterocycles. The van der Waals surface area contributed by atoms with Crippen molar-refractivity contribution in [1.82, 2.24) is 0 Å². The molecule has 0 amide bonds. The van der Waals surface area contributed by atoms with Gasteiger partial charge in [-0.05, 0) is 25.5 Å². The van der Waals surface area contributed by atoms with Crippen LogP contribution in [0.4, 0.5) is 0 Å². The molecule has 1 aliphatic carbocycles. The van der Waals surface area contributed by atoms with Crippen molar-refractivity contribution in [3.05, 3.63) is 29.8 Å². The lowest BCUT2D eigenvalue weighted by molar-refractivity contribution is 0.0982. The minimum atomic E-state index is 0.168. The summed E-state index contributed by atoms with van der Waals surface area (Å²) in [7, 11) is 0. The molecule has 1 fully saturated rings. The number of benzene rings is 1. The molecule has 0 aromatic heterocycles. The number of Topliss-reactive ketones (excluding diaryl/α,β-unsaturated/α-hetero) is 1. The summed E-state index contributed by atoms with van der Waals surface area (Å²) in [5.74, 6) is 0.168. The quantitative estimate of drug-likeness (QED) is 0.777. The van der Waals surface area contributed by atoms with Gasteiger partial charge in [-0.3, -0.25) is 4.79 Å². The van der Waals surface area contributed by atoms with Crippen LogP contribution in [0.2, 0.25) is 0 Å². The Morgan fingerprint density at radius 1 is 1.40 bits per heavy atom. The van der Waals surface area contributed by atoms with E-state index in [1.807, 2.05) is 36.0 Å². The first-order valence-electron chi connectivity index (χ1n) is 5.30. The summed E-state index contributed by atoms with van der Waals surface area (Å²) >= 11 is 1.83. The van der Waals surface area contributed by atoms with E-state index in [1.54, 1.807) is 0 Å². The standard InChI is InChI=1S/C12H15NOS/c13-8-7-11(14)10-3-1-2-4-12(10)15-9-5-6-9/h1-4,9H,5-8,13H2. The summed E-state index contributed by atoms with van der Waals surface area (Å²) in [6.07, 6.45) is 3.01. The zero-order valence-electron chi connectivity index (χ0n) is 8.61. The Bertz CT molecular complexity index is 360.